The highest BCUT2D eigenvalue weighted by molar-refractivity contribution is 5.96. The topological polar surface area (TPSA) is 77.1 Å². The van der Waals surface area contributed by atoms with E-state index >= 15 is 0 Å². The van der Waals surface area contributed by atoms with Gasteiger partial charge in [-0.1, -0.05) is 0 Å². The summed E-state index contributed by atoms with van der Waals surface area (Å²) in [5.74, 6) is 1.00. The zero-order valence-corrected chi connectivity index (χ0v) is 16.1. The summed E-state index contributed by atoms with van der Waals surface area (Å²) >= 11 is 0. The smallest absolute Gasteiger partial charge is 0.262 e. The molecule has 7 heteroatoms. The van der Waals surface area contributed by atoms with Gasteiger partial charge in [0.25, 0.3) is 11.8 Å². The van der Waals surface area contributed by atoms with Gasteiger partial charge in [0, 0.05) is 25.0 Å². The van der Waals surface area contributed by atoms with Crippen molar-refractivity contribution in [3.8, 4) is 11.5 Å². The van der Waals surface area contributed by atoms with Gasteiger partial charge in [-0.15, -0.1) is 0 Å². The number of rotatable bonds is 7. The highest BCUT2D eigenvalue weighted by Crippen LogP contribution is 2.30. The number of ether oxygens (including phenoxy) is 3. The molecule has 0 saturated carbocycles. The van der Waals surface area contributed by atoms with E-state index in [-0.39, 0.29) is 25.0 Å². The second-order valence-corrected chi connectivity index (χ2v) is 6.44. The number of nitrogens with zero attached hydrogens (tertiary/aromatic N) is 1. The lowest BCUT2D eigenvalue weighted by atomic mass is 10.0. The number of anilines is 2. The van der Waals surface area contributed by atoms with Crippen LogP contribution in [0.2, 0.25) is 0 Å². The third kappa shape index (κ3) is 4.80. The first kappa shape index (κ1) is 19.7. The van der Waals surface area contributed by atoms with E-state index in [9.17, 15) is 9.59 Å². The first-order valence-corrected chi connectivity index (χ1v) is 9.09. The average Bonchev–Trinajstić information content (AvgIpc) is 2.72. The molecule has 148 valence electrons. The summed E-state index contributed by atoms with van der Waals surface area (Å²) in [7, 11) is 3.10. The Morgan fingerprint density at radius 3 is 2.50 bits per heavy atom. The first-order valence-electron chi connectivity index (χ1n) is 9.09. The molecule has 0 atom stereocenters. The zero-order valence-electron chi connectivity index (χ0n) is 16.1. The highest BCUT2D eigenvalue weighted by Gasteiger charge is 2.22. The molecule has 3 rings (SSSR count). The van der Waals surface area contributed by atoms with E-state index in [0.717, 1.165) is 29.8 Å². The third-order valence-corrected chi connectivity index (χ3v) is 4.48. The average molecular weight is 384 g/mol. The molecule has 0 spiro atoms. The quantitative estimate of drug-likeness (QED) is 0.794. The zero-order chi connectivity index (χ0) is 19.9. The number of methoxy groups -OCH3 is 2. The molecule has 0 fully saturated rings. The Morgan fingerprint density at radius 2 is 1.79 bits per heavy atom. The monoisotopic (exact) mass is 384 g/mol. The minimum atomic E-state index is -0.251. The summed E-state index contributed by atoms with van der Waals surface area (Å²) in [6.45, 7) is 0.638. The molecule has 0 radical (unpaired) electrons. The van der Waals surface area contributed by atoms with E-state index in [1.165, 1.54) is 7.11 Å². The van der Waals surface area contributed by atoms with Crippen LogP contribution in [0.3, 0.4) is 0 Å². The van der Waals surface area contributed by atoms with Crippen LogP contribution in [0.25, 0.3) is 0 Å². The van der Waals surface area contributed by atoms with Crippen LogP contribution in [-0.4, -0.2) is 45.8 Å². The van der Waals surface area contributed by atoms with E-state index in [1.807, 2.05) is 12.1 Å². The Kier molecular flexibility index (Phi) is 6.49. The maximum atomic E-state index is 12.2. The minimum Gasteiger partial charge on any atom is -0.497 e. The van der Waals surface area contributed by atoms with E-state index in [1.54, 1.807) is 42.3 Å². The number of hydrogen-bond donors (Lipinski definition) is 1. The third-order valence-electron chi connectivity index (χ3n) is 4.48. The molecule has 0 saturated heterocycles. The fourth-order valence-corrected chi connectivity index (χ4v) is 3.15. The molecule has 1 heterocycles. The van der Waals surface area contributed by atoms with Crippen molar-refractivity contribution in [1.82, 2.24) is 0 Å². The van der Waals surface area contributed by atoms with Crippen LogP contribution in [0.5, 0.6) is 11.5 Å². The van der Waals surface area contributed by atoms with Crippen LogP contribution in [0.1, 0.15) is 12.0 Å². The number of carbonyl (C=O) groups is 2. The Balaban J connectivity index is 1.60. The molecule has 1 aliphatic rings. The molecule has 0 aromatic heterocycles. The van der Waals surface area contributed by atoms with Crippen molar-refractivity contribution in [2.45, 2.75) is 12.8 Å². The predicted molar refractivity (Wildman–Crippen MR) is 106 cm³/mol. The van der Waals surface area contributed by atoms with Crippen LogP contribution < -0.4 is 19.7 Å². The van der Waals surface area contributed by atoms with Gasteiger partial charge in [0.1, 0.15) is 18.1 Å². The lowest BCUT2D eigenvalue weighted by Gasteiger charge is -2.29. The Hall–Kier alpha value is -3.06. The van der Waals surface area contributed by atoms with E-state index in [4.69, 9.17) is 14.2 Å². The molecule has 1 aliphatic heterocycles. The summed E-state index contributed by atoms with van der Waals surface area (Å²) in [5.41, 5.74) is 2.59. The Labute approximate surface area is 164 Å². The fourth-order valence-electron chi connectivity index (χ4n) is 3.15. The van der Waals surface area contributed by atoms with Gasteiger partial charge in [0.2, 0.25) is 0 Å². The van der Waals surface area contributed by atoms with Crippen molar-refractivity contribution in [3.63, 3.8) is 0 Å². The molecule has 1 N–H and O–H groups in total. The summed E-state index contributed by atoms with van der Waals surface area (Å²) in [5, 5.41) is 2.84. The van der Waals surface area contributed by atoms with Crippen molar-refractivity contribution in [2.75, 3.05) is 44.2 Å². The van der Waals surface area contributed by atoms with Crippen LogP contribution in [0.15, 0.2) is 42.5 Å². The van der Waals surface area contributed by atoms with Gasteiger partial charge in [-0.25, -0.2) is 0 Å². The predicted octanol–water partition coefficient (Wildman–Crippen LogP) is 2.64. The fraction of sp³-hybridized carbons (Fsp3) is 0.333. The summed E-state index contributed by atoms with van der Waals surface area (Å²) < 4.78 is 15.5. The molecule has 7 nitrogen and oxygen atoms in total. The molecule has 2 aromatic carbocycles. The number of carbonyl (C=O) groups excluding carboxylic acids is 2. The molecule has 2 amide bonds. The second kappa shape index (κ2) is 9.23. The molecule has 2 aromatic rings. The van der Waals surface area contributed by atoms with Gasteiger partial charge in [-0.05, 0) is 60.9 Å². The van der Waals surface area contributed by atoms with Crippen LogP contribution in [0, 0.1) is 0 Å². The van der Waals surface area contributed by atoms with Crippen molar-refractivity contribution in [2.24, 2.45) is 0 Å². The minimum absolute atomic E-state index is 0.0562. The number of amides is 2. The number of hydrogen-bond acceptors (Lipinski definition) is 5. The van der Waals surface area contributed by atoms with Gasteiger partial charge in [-0.3, -0.25) is 9.59 Å². The summed E-state index contributed by atoms with van der Waals surface area (Å²) in [6.07, 6.45) is 1.73. The molecular formula is C21H24N2O5. The van der Waals surface area contributed by atoms with Crippen molar-refractivity contribution in [1.29, 1.82) is 0 Å². The standard InChI is InChI=1S/C21H24N2O5/c1-26-14-21(25)23-11-3-4-15-12-16(5-10-19(15)23)22-20(24)13-28-18-8-6-17(27-2)7-9-18/h5-10,12H,3-4,11,13-14H2,1-2H3,(H,22,24). The van der Waals surface area contributed by atoms with Crippen LogP contribution in [-0.2, 0) is 20.7 Å². The van der Waals surface area contributed by atoms with Gasteiger partial charge in [0.15, 0.2) is 6.61 Å². The molecular weight excluding hydrogens is 360 g/mol. The largest absolute Gasteiger partial charge is 0.497 e. The first-order chi connectivity index (χ1) is 13.6. The maximum Gasteiger partial charge on any atom is 0.262 e. The Bertz CT molecular complexity index is 835. The lowest BCUT2D eigenvalue weighted by molar-refractivity contribution is -0.122. The lowest BCUT2D eigenvalue weighted by Crippen LogP contribution is -2.37. The highest BCUT2D eigenvalue weighted by atomic mass is 16.5. The molecule has 0 bridgehead atoms. The van der Waals surface area contributed by atoms with E-state index in [2.05, 4.69) is 5.32 Å². The molecule has 28 heavy (non-hydrogen) atoms. The van der Waals surface area contributed by atoms with Crippen LogP contribution >= 0.6 is 0 Å². The number of aryl methyl sites for hydroxylation is 1. The van der Waals surface area contributed by atoms with Crippen LogP contribution in [0.4, 0.5) is 11.4 Å². The second-order valence-electron chi connectivity index (χ2n) is 6.44. The van der Waals surface area contributed by atoms with E-state index in [0.29, 0.717) is 18.0 Å². The SMILES string of the molecule is COCC(=O)N1CCCc2cc(NC(=O)COc3ccc(OC)cc3)ccc21. The summed E-state index contributed by atoms with van der Waals surface area (Å²) in [4.78, 5) is 26.1. The number of nitrogens with one attached hydrogen (secondary N) is 1. The van der Waals surface area contributed by atoms with E-state index < -0.39 is 0 Å². The molecule has 0 aliphatic carbocycles. The number of benzene rings is 2. The van der Waals surface area contributed by atoms with Crippen molar-refractivity contribution in [3.05, 3.63) is 48.0 Å². The molecule has 0 unspecified atom stereocenters. The number of fused-ring (bicyclic) bond motifs is 1. The summed E-state index contributed by atoms with van der Waals surface area (Å²) in [6, 6.07) is 12.6. The normalized spacial score (nSPS) is 12.9. The van der Waals surface area contributed by atoms with Gasteiger partial charge in [-0.2, -0.15) is 0 Å². The van der Waals surface area contributed by atoms with Gasteiger partial charge in [0.05, 0.1) is 7.11 Å². The van der Waals surface area contributed by atoms with Crippen molar-refractivity contribution >= 4 is 23.2 Å². The maximum absolute atomic E-state index is 12.2. The van der Waals surface area contributed by atoms with Gasteiger partial charge < -0.3 is 24.4 Å². The Morgan fingerprint density at radius 1 is 1.04 bits per heavy atom. The van der Waals surface area contributed by atoms with Gasteiger partial charge >= 0.3 is 0 Å². The van der Waals surface area contributed by atoms with Crippen molar-refractivity contribution < 1.29 is 23.8 Å².